The molecule has 0 unspecified atom stereocenters. The molecule has 9 heteroatoms. The van der Waals surface area contributed by atoms with Crippen LogP contribution in [0.2, 0.25) is 0 Å². The van der Waals surface area contributed by atoms with Gasteiger partial charge in [-0.1, -0.05) is 0 Å². The third-order valence-corrected chi connectivity index (χ3v) is 4.88. The number of halogens is 5. The molecule has 3 rings (SSSR count). The monoisotopic (exact) mass is 445 g/mol. The van der Waals surface area contributed by atoms with Gasteiger partial charge in [0.2, 0.25) is 0 Å². The Balaban J connectivity index is 1.81. The molecule has 4 nitrogen and oxygen atoms in total. The average molecular weight is 446 g/mol. The second-order valence-electron chi connectivity index (χ2n) is 6.40. The Bertz CT molecular complexity index is 881. The normalized spacial score (nSPS) is 16.3. The molecule has 2 aromatic rings. The maximum absolute atomic E-state index is 14.0. The van der Waals surface area contributed by atoms with E-state index in [1.165, 1.54) is 6.07 Å². The van der Waals surface area contributed by atoms with Gasteiger partial charge in [0.05, 0.1) is 10.0 Å². The quantitative estimate of drug-likeness (QED) is 0.538. The first-order valence-electron chi connectivity index (χ1n) is 8.22. The molecule has 1 aliphatic rings. The lowest BCUT2D eigenvalue weighted by Crippen LogP contribution is -2.39. The second-order valence-corrected chi connectivity index (χ2v) is 7.25. The average Bonchev–Trinajstić information content (AvgIpc) is 2.57. The van der Waals surface area contributed by atoms with Crippen molar-refractivity contribution in [1.29, 1.82) is 0 Å². The summed E-state index contributed by atoms with van der Waals surface area (Å²) < 4.78 is 54.2. The topological polar surface area (TPSA) is 45.2 Å². The minimum atomic E-state index is -2.68. The van der Waals surface area contributed by atoms with E-state index in [-0.39, 0.29) is 30.4 Å². The number of aryl methyl sites for hydroxylation is 1. The summed E-state index contributed by atoms with van der Waals surface area (Å²) in [6.07, 6.45) is -0.540. The zero-order valence-corrected chi connectivity index (χ0v) is 15.9. The number of hydrogen-bond donors (Lipinski definition) is 1. The number of hydrogen-bond acceptors (Lipinski definition) is 3. The molecule has 1 N–H and O–H groups in total. The molecule has 0 bridgehead atoms. The van der Waals surface area contributed by atoms with Gasteiger partial charge in [-0.05, 0) is 41.1 Å². The second kappa shape index (κ2) is 7.46. The number of anilines is 2. The summed E-state index contributed by atoms with van der Waals surface area (Å²) in [5.41, 5.74) is 0.439. The van der Waals surface area contributed by atoms with Crippen molar-refractivity contribution in [2.45, 2.75) is 25.7 Å². The summed E-state index contributed by atoms with van der Waals surface area (Å²) in [5.74, 6) is -4.68. The molecule has 1 aromatic heterocycles. The van der Waals surface area contributed by atoms with Crippen molar-refractivity contribution in [1.82, 2.24) is 4.98 Å². The Morgan fingerprint density at radius 1 is 1.15 bits per heavy atom. The van der Waals surface area contributed by atoms with Gasteiger partial charge >= 0.3 is 0 Å². The number of carbonyl (C=O) groups excluding carboxylic acids is 1. The van der Waals surface area contributed by atoms with Crippen molar-refractivity contribution >= 4 is 33.3 Å². The summed E-state index contributed by atoms with van der Waals surface area (Å²) >= 11 is 2.85. The Morgan fingerprint density at radius 3 is 2.48 bits per heavy atom. The number of piperidine rings is 1. The van der Waals surface area contributed by atoms with Crippen molar-refractivity contribution in [3.63, 3.8) is 0 Å². The minimum Gasteiger partial charge on any atom is -0.356 e. The van der Waals surface area contributed by atoms with Crippen LogP contribution >= 0.6 is 15.9 Å². The van der Waals surface area contributed by atoms with E-state index in [2.05, 4.69) is 26.2 Å². The van der Waals surface area contributed by atoms with Gasteiger partial charge in [-0.2, -0.15) is 0 Å². The minimum absolute atomic E-state index is 0.0829. The third kappa shape index (κ3) is 4.58. The molecule has 1 fully saturated rings. The summed E-state index contributed by atoms with van der Waals surface area (Å²) in [5, 5.41) is 2.51. The van der Waals surface area contributed by atoms with Crippen LogP contribution in [0.1, 0.15) is 28.9 Å². The van der Waals surface area contributed by atoms with Crippen LogP contribution in [0.3, 0.4) is 0 Å². The molecule has 144 valence electrons. The fourth-order valence-electron chi connectivity index (χ4n) is 2.84. The van der Waals surface area contributed by atoms with Gasteiger partial charge in [0.1, 0.15) is 17.5 Å². The molecule has 2 heterocycles. The van der Waals surface area contributed by atoms with E-state index in [9.17, 15) is 22.4 Å². The van der Waals surface area contributed by atoms with Crippen molar-refractivity contribution in [2.75, 3.05) is 23.3 Å². The van der Waals surface area contributed by atoms with Crippen molar-refractivity contribution in [3.05, 3.63) is 51.6 Å². The molecule has 0 aliphatic carbocycles. The zero-order chi connectivity index (χ0) is 19.8. The standard InChI is InChI=1S/C18H16BrF4N3O/c1-10-6-11(7-16(24-10)26-4-2-18(22,23)3-5-26)25-17(27)12-8-15(21)13(19)9-14(12)20/h6-9H,2-5H2,1H3,(H,24,25,27). The molecule has 27 heavy (non-hydrogen) atoms. The van der Waals surface area contributed by atoms with Crippen LogP contribution in [0, 0.1) is 18.6 Å². The van der Waals surface area contributed by atoms with Gasteiger partial charge < -0.3 is 10.2 Å². The number of nitrogens with one attached hydrogen (secondary N) is 1. The molecular weight excluding hydrogens is 430 g/mol. The van der Waals surface area contributed by atoms with E-state index < -0.39 is 29.0 Å². The molecule has 0 saturated carbocycles. The fourth-order valence-corrected chi connectivity index (χ4v) is 3.16. The molecule has 1 aliphatic heterocycles. The maximum atomic E-state index is 14.0. The van der Waals surface area contributed by atoms with Gasteiger partial charge in [-0.15, -0.1) is 0 Å². The molecular formula is C18H16BrF4N3O. The first-order chi connectivity index (χ1) is 12.6. The number of pyridine rings is 1. The summed E-state index contributed by atoms with van der Waals surface area (Å²) in [4.78, 5) is 18.3. The molecule has 1 saturated heterocycles. The van der Waals surface area contributed by atoms with Crippen LogP contribution in [-0.2, 0) is 0 Å². The summed E-state index contributed by atoms with van der Waals surface area (Å²) in [6, 6.07) is 4.77. The number of amides is 1. The Labute approximate surface area is 161 Å². The largest absolute Gasteiger partial charge is 0.356 e. The van der Waals surface area contributed by atoms with E-state index in [0.29, 0.717) is 17.2 Å². The van der Waals surface area contributed by atoms with Gasteiger partial charge in [0.15, 0.2) is 0 Å². The van der Waals surface area contributed by atoms with Crippen LogP contribution in [0.5, 0.6) is 0 Å². The Kier molecular flexibility index (Phi) is 5.41. The maximum Gasteiger partial charge on any atom is 0.258 e. The van der Waals surface area contributed by atoms with Crippen LogP contribution in [0.25, 0.3) is 0 Å². The predicted octanol–water partition coefficient (Wildman–Crippen LogP) is 4.92. The lowest BCUT2D eigenvalue weighted by atomic mass is 10.1. The highest BCUT2D eigenvalue weighted by molar-refractivity contribution is 9.10. The lowest BCUT2D eigenvalue weighted by Gasteiger charge is -2.32. The van der Waals surface area contributed by atoms with E-state index in [1.807, 2.05) is 0 Å². The third-order valence-electron chi connectivity index (χ3n) is 4.27. The first-order valence-corrected chi connectivity index (χ1v) is 9.01. The first kappa shape index (κ1) is 19.6. The molecule has 1 amide bonds. The number of carbonyl (C=O) groups is 1. The molecule has 0 spiro atoms. The van der Waals surface area contributed by atoms with Crippen LogP contribution in [-0.4, -0.2) is 29.9 Å². The van der Waals surface area contributed by atoms with Gasteiger partial charge in [0.25, 0.3) is 11.8 Å². The highest BCUT2D eigenvalue weighted by atomic mass is 79.9. The van der Waals surface area contributed by atoms with Crippen LogP contribution < -0.4 is 10.2 Å². The van der Waals surface area contributed by atoms with Gasteiger partial charge in [-0.25, -0.2) is 22.5 Å². The van der Waals surface area contributed by atoms with E-state index in [0.717, 1.165) is 12.1 Å². The molecule has 0 radical (unpaired) electrons. The van der Waals surface area contributed by atoms with Crippen LogP contribution in [0.4, 0.5) is 29.1 Å². The number of rotatable bonds is 3. The van der Waals surface area contributed by atoms with Gasteiger partial charge in [0, 0.05) is 43.4 Å². The SMILES string of the molecule is Cc1cc(NC(=O)c2cc(F)c(Br)cc2F)cc(N2CCC(F)(F)CC2)n1. The van der Waals surface area contributed by atoms with Crippen molar-refractivity contribution < 1.29 is 22.4 Å². The molecule has 0 atom stereocenters. The zero-order valence-electron chi connectivity index (χ0n) is 14.3. The summed E-state index contributed by atoms with van der Waals surface area (Å²) in [7, 11) is 0. The highest BCUT2D eigenvalue weighted by Crippen LogP contribution is 2.31. The smallest absolute Gasteiger partial charge is 0.258 e. The Hall–Kier alpha value is -2.16. The van der Waals surface area contributed by atoms with Crippen molar-refractivity contribution in [2.24, 2.45) is 0 Å². The van der Waals surface area contributed by atoms with Crippen molar-refractivity contribution in [3.8, 4) is 0 Å². The number of alkyl halides is 2. The molecule has 1 aromatic carbocycles. The number of nitrogens with zero attached hydrogens (tertiary/aromatic N) is 2. The number of aromatic nitrogens is 1. The summed E-state index contributed by atoms with van der Waals surface area (Å²) in [6.45, 7) is 1.98. The highest BCUT2D eigenvalue weighted by Gasteiger charge is 2.34. The Morgan fingerprint density at radius 2 is 1.81 bits per heavy atom. The fraction of sp³-hybridized carbons (Fsp3) is 0.333. The van der Waals surface area contributed by atoms with E-state index in [4.69, 9.17) is 0 Å². The van der Waals surface area contributed by atoms with E-state index in [1.54, 1.807) is 17.9 Å². The number of benzene rings is 1. The van der Waals surface area contributed by atoms with Crippen LogP contribution in [0.15, 0.2) is 28.7 Å². The van der Waals surface area contributed by atoms with Gasteiger partial charge in [-0.3, -0.25) is 4.79 Å². The van der Waals surface area contributed by atoms with E-state index >= 15 is 0 Å². The predicted molar refractivity (Wildman–Crippen MR) is 97.4 cm³/mol. The lowest BCUT2D eigenvalue weighted by molar-refractivity contribution is -0.0221.